The van der Waals surface area contributed by atoms with Crippen molar-refractivity contribution >= 4 is 17.3 Å². The fourth-order valence-corrected chi connectivity index (χ4v) is 2.27. The molecule has 0 bridgehead atoms. The number of nitrogens with one attached hydrogen (secondary N) is 2. The van der Waals surface area contributed by atoms with Crippen LogP contribution >= 0.6 is 0 Å². The third-order valence-corrected chi connectivity index (χ3v) is 3.81. The predicted octanol–water partition coefficient (Wildman–Crippen LogP) is 3.30. The molecule has 0 fully saturated rings. The summed E-state index contributed by atoms with van der Waals surface area (Å²) in [4.78, 5) is 22.7. The molecule has 0 aromatic heterocycles. The van der Waals surface area contributed by atoms with Gasteiger partial charge in [-0.05, 0) is 30.7 Å². The number of nitrogens with zero attached hydrogens (tertiary/aromatic N) is 2. The number of hydrogen-bond acceptors (Lipinski definition) is 6. The Labute approximate surface area is 156 Å². The van der Waals surface area contributed by atoms with Crippen molar-refractivity contribution in [3.8, 4) is 11.8 Å². The number of methoxy groups -OCH3 is 1. The van der Waals surface area contributed by atoms with E-state index in [1.165, 1.54) is 24.4 Å². The van der Waals surface area contributed by atoms with Gasteiger partial charge >= 0.3 is 0 Å². The van der Waals surface area contributed by atoms with Gasteiger partial charge in [0.25, 0.3) is 11.6 Å². The highest BCUT2D eigenvalue weighted by Crippen LogP contribution is 2.23. The highest BCUT2D eigenvalue weighted by molar-refractivity contribution is 6.07. The summed E-state index contributed by atoms with van der Waals surface area (Å²) >= 11 is 0. The van der Waals surface area contributed by atoms with Gasteiger partial charge in [-0.25, -0.2) is 0 Å². The van der Waals surface area contributed by atoms with Crippen LogP contribution in [0.1, 0.15) is 18.5 Å². The summed E-state index contributed by atoms with van der Waals surface area (Å²) in [6, 6.07) is 14.7. The van der Waals surface area contributed by atoms with Gasteiger partial charge in [-0.3, -0.25) is 14.9 Å². The molecule has 0 heterocycles. The summed E-state index contributed by atoms with van der Waals surface area (Å²) in [6.07, 6.45) is 1.29. The Morgan fingerprint density at radius 3 is 2.52 bits per heavy atom. The molecule has 1 atom stereocenters. The van der Waals surface area contributed by atoms with E-state index in [-0.39, 0.29) is 23.0 Å². The smallest absolute Gasteiger partial charge is 0.292 e. The van der Waals surface area contributed by atoms with E-state index < -0.39 is 10.8 Å². The summed E-state index contributed by atoms with van der Waals surface area (Å²) in [5.74, 6) is -0.00994. The number of hydrogen-bond donors (Lipinski definition) is 2. The Morgan fingerprint density at radius 1 is 1.26 bits per heavy atom. The van der Waals surface area contributed by atoms with Gasteiger partial charge in [-0.2, -0.15) is 5.26 Å². The average molecular weight is 366 g/mol. The standard InChI is InChI=1S/C19H18N4O4/c1-13(14-7-9-16(27-2)10-8-14)21-12-15(11-20)19(24)22-17-5-3-4-6-18(17)23(25)26/h3-10,12-13,21H,1-2H3,(H,22,24)/b15-12-. The maximum absolute atomic E-state index is 12.3. The number of nitro benzene ring substituents is 1. The quantitative estimate of drug-likeness (QED) is 0.336. The van der Waals surface area contributed by atoms with Crippen molar-refractivity contribution in [3.05, 3.63) is 76.0 Å². The van der Waals surface area contributed by atoms with Crippen molar-refractivity contribution < 1.29 is 14.5 Å². The number of rotatable bonds is 7. The molecule has 8 heteroatoms. The van der Waals surface area contributed by atoms with E-state index in [0.29, 0.717) is 0 Å². The summed E-state index contributed by atoms with van der Waals surface area (Å²) < 4.78 is 5.10. The van der Waals surface area contributed by atoms with Crippen LogP contribution in [0.2, 0.25) is 0 Å². The number of benzene rings is 2. The Balaban J connectivity index is 2.10. The van der Waals surface area contributed by atoms with Gasteiger partial charge in [0.15, 0.2) is 0 Å². The molecule has 0 saturated carbocycles. The SMILES string of the molecule is COc1ccc(C(C)N/C=C(/C#N)C(=O)Nc2ccccc2[N+](=O)[O-])cc1. The van der Waals surface area contributed by atoms with Gasteiger partial charge in [0, 0.05) is 18.3 Å². The van der Waals surface area contributed by atoms with E-state index in [4.69, 9.17) is 4.74 Å². The number of nitriles is 1. The molecule has 0 aliphatic carbocycles. The van der Waals surface area contributed by atoms with Crippen LogP contribution in [0.15, 0.2) is 60.3 Å². The zero-order chi connectivity index (χ0) is 19.8. The molecule has 138 valence electrons. The van der Waals surface area contributed by atoms with E-state index in [1.54, 1.807) is 19.2 Å². The first-order chi connectivity index (χ1) is 13.0. The molecule has 8 nitrogen and oxygen atoms in total. The zero-order valence-electron chi connectivity index (χ0n) is 14.8. The van der Waals surface area contributed by atoms with Gasteiger partial charge < -0.3 is 15.4 Å². The molecular formula is C19H18N4O4. The minimum atomic E-state index is -0.735. The number of carbonyl (C=O) groups excluding carboxylic acids is 1. The summed E-state index contributed by atoms with van der Waals surface area (Å²) in [6.45, 7) is 1.87. The van der Waals surface area contributed by atoms with Crippen molar-refractivity contribution in [2.24, 2.45) is 0 Å². The molecule has 1 amide bonds. The van der Waals surface area contributed by atoms with Gasteiger partial charge in [0.2, 0.25) is 0 Å². The Kier molecular flexibility index (Phi) is 6.49. The predicted molar refractivity (Wildman–Crippen MR) is 100.0 cm³/mol. The van der Waals surface area contributed by atoms with Crippen molar-refractivity contribution in [2.75, 3.05) is 12.4 Å². The maximum Gasteiger partial charge on any atom is 0.292 e. The van der Waals surface area contributed by atoms with Crippen LogP contribution in [0, 0.1) is 21.4 Å². The number of para-hydroxylation sites is 2. The van der Waals surface area contributed by atoms with Crippen LogP contribution in [0.4, 0.5) is 11.4 Å². The minimum absolute atomic E-state index is 0.0249. The summed E-state index contributed by atoms with van der Waals surface area (Å²) in [5, 5.41) is 25.6. The fourth-order valence-electron chi connectivity index (χ4n) is 2.27. The van der Waals surface area contributed by atoms with Crippen molar-refractivity contribution in [2.45, 2.75) is 13.0 Å². The lowest BCUT2D eigenvalue weighted by Gasteiger charge is -2.13. The van der Waals surface area contributed by atoms with E-state index in [2.05, 4.69) is 10.6 Å². The largest absolute Gasteiger partial charge is 0.497 e. The first-order valence-electron chi connectivity index (χ1n) is 8.01. The second kappa shape index (κ2) is 9.01. The minimum Gasteiger partial charge on any atom is -0.497 e. The third-order valence-electron chi connectivity index (χ3n) is 3.81. The van der Waals surface area contributed by atoms with Crippen molar-refractivity contribution in [3.63, 3.8) is 0 Å². The molecule has 0 spiro atoms. The fraction of sp³-hybridized carbons (Fsp3) is 0.158. The van der Waals surface area contributed by atoms with Crippen molar-refractivity contribution in [1.82, 2.24) is 5.32 Å². The number of nitro groups is 1. The lowest BCUT2D eigenvalue weighted by Crippen LogP contribution is -2.19. The van der Waals surface area contributed by atoms with Crippen LogP contribution < -0.4 is 15.4 Å². The number of ether oxygens (including phenoxy) is 1. The van der Waals surface area contributed by atoms with Gasteiger partial charge in [-0.15, -0.1) is 0 Å². The van der Waals surface area contributed by atoms with E-state index in [0.717, 1.165) is 11.3 Å². The second-order valence-corrected chi connectivity index (χ2v) is 5.56. The van der Waals surface area contributed by atoms with E-state index in [9.17, 15) is 20.2 Å². The van der Waals surface area contributed by atoms with Crippen LogP contribution in [-0.4, -0.2) is 17.9 Å². The molecule has 0 saturated heterocycles. The Bertz CT molecular complexity index is 901. The number of anilines is 1. The lowest BCUT2D eigenvalue weighted by molar-refractivity contribution is -0.383. The molecule has 2 rings (SSSR count). The number of carbonyl (C=O) groups is 1. The maximum atomic E-state index is 12.3. The van der Waals surface area contributed by atoms with E-state index in [1.807, 2.05) is 31.2 Å². The van der Waals surface area contributed by atoms with Gasteiger partial charge in [0.1, 0.15) is 23.1 Å². The molecule has 1 unspecified atom stereocenters. The zero-order valence-corrected chi connectivity index (χ0v) is 14.8. The first kappa shape index (κ1) is 19.5. The highest BCUT2D eigenvalue weighted by atomic mass is 16.6. The summed E-state index contributed by atoms with van der Waals surface area (Å²) in [5.41, 5.74) is 0.511. The molecule has 2 aromatic carbocycles. The van der Waals surface area contributed by atoms with Crippen molar-refractivity contribution in [1.29, 1.82) is 5.26 Å². The highest BCUT2D eigenvalue weighted by Gasteiger charge is 2.17. The van der Waals surface area contributed by atoms with Crippen LogP contribution in [0.5, 0.6) is 5.75 Å². The van der Waals surface area contributed by atoms with Gasteiger partial charge in [-0.1, -0.05) is 24.3 Å². The molecule has 27 heavy (non-hydrogen) atoms. The Hall–Kier alpha value is -3.86. The van der Waals surface area contributed by atoms with Crippen LogP contribution in [-0.2, 0) is 4.79 Å². The normalized spacial score (nSPS) is 11.8. The van der Waals surface area contributed by atoms with E-state index >= 15 is 0 Å². The molecule has 0 aliphatic rings. The topological polar surface area (TPSA) is 117 Å². The lowest BCUT2D eigenvalue weighted by atomic mass is 10.1. The average Bonchev–Trinajstić information content (AvgIpc) is 2.68. The van der Waals surface area contributed by atoms with Crippen LogP contribution in [0.25, 0.3) is 0 Å². The monoisotopic (exact) mass is 366 g/mol. The van der Waals surface area contributed by atoms with Gasteiger partial charge in [0.05, 0.1) is 12.0 Å². The molecular weight excluding hydrogens is 348 g/mol. The molecule has 0 aliphatic heterocycles. The second-order valence-electron chi connectivity index (χ2n) is 5.56. The molecule has 2 N–H and O–H groups in total. The Morgan fingerprint density at radius 2 is 1.93 bits per heavy atom. The third kappa shape index (κ3) is 5.06. The first-order valence-corrected chi connectivity index (χ1v) is 8.01. The van der Waals surface area contributed by atoms with Crippen LogP contribution in [0.3, 0.4) is 0 Å². The summed E-state index contributed by atoms with van der Waals surface area (Å²) in [7, 11) is 1.58. The number of amides is 1. The molecule has 2 aromatic rings. The molecule has 0 radical (unpaired) electrons.